The van der Waals surface area contributed by atoms with Gasteiger partial charge in [0.1, 0.15) is 0 Å². The van der Waals surface area contributed by atoms with Crippen LogP contribution in [-0.2, 0) is 15.7 Å². The molecule has 1 saturated heterocycles. The number of hydrogen-bond acceptors (Lipinski definition) is 4. The maximum Gasteiger partial charge on any atom is 0.514 e. The summed E-state index contributed by atoms with van der Waals surface area (Å²) >= 11 is 0. The molecule has 1 aromatic rings. The second-order valence-electron chi connectivity index (χ2n) is 5.92. The van der Waals surface area contributed by atoms with Gasteiger partial charge in [-0.3, -0.25) is 0 Å². The van der Waals surface area contributed by atoms with E-state index in [2.05, 4.69) is 11.1 Å². The quantitative estimate of drug-likeness (QED) is 0.625. The van der Waals surface area contributed by atoms with Gasteiger partial charge in [-0.15, -0.1) is 0 Å². The third-order valence-corrected chi connectivity index (χ3v) is 3.96. The van der Waals surface area contributed by atoms with Crippen molar-refractivity contribution >= 4 is 12.7 Å². The average molecular weight is 276 g/mol. The van der Waals surface area contributed by atoms with Crippen LogP contribution in [0.5, 0.6) is 0 Å². The Kier molecular flexibility index (Phi) is 3.85. The van der Waals surface area contributed by atoms with Crippen molar-refractivity contribution in [1.29, 1.82) is 5.26 Å². The van der Waals surface area contributed by atoms with Crippen molar-refractivity contribution in [3.05, 3.63) is 23.6 Å². The molecule has 2 heterocycles. The second-order valence-corrected chi connectivity index (χ2v) is 5.92. The molecule has 1 aromatic heterocycles. The van der Waals surface area contributed by atoms with Crippen molar-refractivity contribution in [2.75, 3.05) is 0 Å². The summed E-state index contributed by atoms with van der Waals surface area (Å²) in [6.07, 6.45) is 0.850. The molecule has 2 rings (SSSR count). The molecule has 1 aliphatic rings. The van der Waals surface area contributed by atoms with Crippen LogP contribution in [0.1, 0.15) is 39.7 Å². The van der Waals surface area contributed by atoms with Crippen LogP contribution >= 0.6 is 0 Å². The van der Waals surface area contributed by atoms with E-state index in [4.69, 9.17) is 14.6 Å². The van der Waals surface area contributed by atoms with Gasteiger partial charge in [0, 0.05) is 6.42 Å². The number of rotatable bonds is 3. The van der Waals surface area contributed by atoms with Gasteiger partial charge in [0.15, 0.2) is 0 Å². The summed E-state index contributed by atoms with van der Waals surface area (Å²) in [7, 11) is -0.704. The standard InChI is InChI=1S/C14H18BFN2O2/c1-13(2)14(3,4)20-15(19-13)12-10(6-5-9-17)7-8-11(16)18-12/h7-8H,5-6H2,1-4H3. The van der Waals surface area contributed by atoms with Crippen LogP contribution in [0, 0.1) is 17.3 Å². The normalized spacial score (nSPS) is 19.9. The highest BCUT2D eigenvalue weighted by molar-refractivity contribution is 6.61. The first-order valence-electron chi connectivity index (χ1n) is 6.65. The Morgan fingerprint density at radius 3 is 2.40 bits per heavy atom. The minimum Gasteiger partial charge on any atom is -0.398 e. The highest BCUT2D eigenvalue weighted by Gasteiger charge is 2.52. The van der Waals surface area contributed by atoms with E-state index in [1.54, 1.807) is 6.07 Å². The minimum atomic E-state index is -0.704. The lowest BCUT2D eigenvalue weighted by molar-refractivity contribution is 0.00578. The van der Waals surface area contributed by atoms with Crippen LogP contribution in [-0.4, -0.2) is 23.3 Å². The Bertz CT molecular complexity index is 539. The van der Waals surface area contributed by atoms with E-state index in [-0.39, 0.29) is 0 Å². The molecule has 0 amide bonds. The number of halogens is 1. The average Bonchev–Trinajstić information content (AvgIpc) is 2.57. The maximum absolute atomic E-state index is 13.4. The van der Waals surface area contributed by atoms with Crippen LogP contribution < -0.4 is 5.59 Å². The molecule has 0 aromatic carbocycles. The Morgan fingerprint density at radius 1 is 1.25 bits per heavy atom. The molecular weight excluding hydrogens is 258 g/mol. The number of hydrogen-bond donors (Lipinski definition) is 0. The zero-order valence-corrected chi connectivity index (χ0v) is 12.2. The number of aryl methyl sites for hydroxylation is 1. The fourth-order valence-corrected chi connectivity index (χ4v) is 2.04. The summed E-state index contributed by atoms with van der Waals surface area (Å²) in [6, 6.07) is 5.01. The Hall–Kier alpha value is -1.45. The van der Waals surface area contributed by atoms with E-state index in [1.807, 2.05) is 27.7 Å². The van der Waals surface area contributed by atoms with Crippen LogP contribution in [0.2, 0.25) is 0 Å². The van der Waals surface area contributed by atoms with Crippen molar-refractivity contribution in [1.82, 2.24) is 4.98 Å². The predicted molar refractivity (Wildman–Crippen MR) is 73.8 cm³/mol. The van der Waals surface area contributed by atoms with E-state index < -0.39 is 24.3 Å². The van der Waals surface area contributed by atoms with Crippen LogP contribution in [0.4, 0.5) is 4.39 Å². The van der Waals surface area contributed by atoms with Gasteiger partial charge >= 0.3 is 7.12 Å². The largest absolute Gasteiger partial charge is 0.514 e. The molecule has 0 saturated carbocycles. The van der Waals surface area contributed by atoms with Gasteiger partial charge in [0.2, 0.25) is 5.95 Å². The number of nitriles is 1. The monoisotopic (exact) mass is 276 g/mol. The van der Waals surface area contributed by atoms with Gasteiger partial charge in [-0.25, -0.2) is 4.98 Å². The molecule has 106 valence electrons. The lowest BCUT2D eigenvalue weighted by atomic mass is 9.80. The number of aromatic nitrogens is 1. The van der Waals surface area contributed by atoms with E-state index in [9.17, 15) is 4.39 Å². The topological polar surface area (TPSA) is 55.1 Å². The SMILES string of the molecule is CC1(C)OB(c2nc(F)ccc2CCC#N)OC1(C)C. The number of nitrogens with zero attached hydrogens (tertiary/aromatic N) is 2. The van der Waals surface area contributed by atoms with Gasteiger partial charge in [-0.1, -0.05) is 6.07 Å². The molecule has 1 aliphatic heterocycles. The molecule has 0 atom stereocenters. The summed E-state index contributed by atoms with van der Waals surface area (Å²) in [5, 5.41) is 8.70. The molecule has 0 bridgehead atoms. The van der Waals surface area contributed by atoms with Gasteiger partial charge < -0.3 is 9.31 Å². The summed E-state index contributed by atoms with van der Waals surface area (Å²) in [5.74, 6) is -0.574. The Balaban J connectivity index is 2.34. The predicted octanol–water partition coefficient (Wildman–Crippen LogP) is 1.98. The van der Waals surface area contributed by atoms with Gasteiger partial charge in [0.25, 0.3) is 0 Å². The third kappa shape index (κ3) is 2.69. The van der Waals surface area contributed by atoms with Crippen molar-refractivity contribution in [3.63, 3.8) is 0 Å². The fourth-order valence-electron chi connectivity index (χ4n) is 2.04. The first-order valence-corrected chi connectivity index (χ1v) is 6.65. The van der Waals surface area contributed by atoms with Crippen LogP contribution in [0.25, 0.3) is 0 Å². The Morgan fingerprint density at radius 2 is 1.85 bits per heavy atom. The van der Waals surface area contributed by atoms with Crippen molar-refractivity contribution < 1.29 is 13.7 Å². The fraction of sp³-hybridized carbons (Fsp3) is 0.571. The zero-order valence-electron chi connectivity index (χ0n) is 12.2. The number of pyridine rings is 1. The first-order chi connectivity index (χ1) is 9.27. The maximum atomic E-state index is 13.4. The van der Waals surface area contributed by atoms with Crippen molar-refractivity contribution in [2.45, 2.75) is 51.7 Å². The summed E-state index contributed by atoms with van der Waals surface area (Å²) in [5.41, 5.74) is 0.210. The lowest BCUT2D eigenvalue weighted by Gasteiger charge is -2.32. The molecule has 0 aliphatic carbocycles. The van der Waals surface area contributed by atoms with Crippen LogP contribution in [0.3, 0.4) is 0 Å². The van der Waals surface area contributed by atoms with Gasteiger partial charge in [-0.05, 0) is 45.7 Å². The molecule has 0 unspecified atom stereocenters. The van der Waals surface area contributed by atoms with E-state index in [1.165, 1.54) is 6.07 Å². The van der Waals surface area contributed by atoms with E-state index in [0.717, 1.165) is 5.56 Å². The van der Waals surface area contributed by atoms with Gasteiger partial charge in [-0.2, -0.15) is 9.65 Å². The summed E-state index contributed by atoms with van der Waals surface area (Å²) in [4.78, 5) is 3.91. The summed E-state index contributed by atoms with van der Waals surface area (Å²) in [6.45, 7) is 7.73. The zero-order chi connectivity index (χ0) is 15.0. The molecule has 0 spiro atoms. The molecule has 1 fully saturated rings. The first kappa shape index (κ1) is 15.0. The van der Waals surface area contributed by atoms with Crippen molar-refractivity contribution in [2.24, 2.45) is 0 Å². The van der Waals surface area contributed by atoms with E-state index >= 15 is 0 Å². The smallest absolute Gasteiger partial charge is 0.398 e. The molecule has 0 N–H and O–H groups in total. The lowest BCUT2D eigenvalue weighted by Crippen LogP contribution is -2.41. The minimum absolute atomic E-state index is 0.347. The molecule has 20 heavy (non-hydrogen) atoms. The van der Waals surface area contributed by atoms with Crippen LogP contribution in [0.15, 0.2) is 12.1 Å². The highest BCUT2D eigenvalue weighted by atomic mass is 19.1. The Labute approximate surface area is 119 Å². The molecule has 0 radical (unpaired) electrons. The molecule has 4 nitrogen and oxygen atoms in total. The molecule has 6 heteroatoms. The second kappa shape index (κ2) is 5.15. The summed E-state index contributed by atoms with van der Waals surface area (Å²) < 4.78 is 25.2. The van der Waals surface area contributed by atoms with Crippen molar-refractivity contribution in [3.8, 4) is 6.07 Å². The molecular formula is C14H18BFN2O2. The third-order valence-electron chi connectivity index (χ3n) is 3.96. The van der Waals surface area contributed by atoms with Gasteiger partial charge in [0.05, 0.1) is 22.9 Å². The highest BCUT2D eigenvalue weighted by Crippen LogP contribution is 2.36. The van der Waals surface area contributed by atoms with E-state index in [0.29, 0.717) is 18.4 Å².